The number of rotatable bonds is 9. The molecule has 0 amide bonds. The van der Waals surface area contributed by atoms with Crippen molar-refractivity contribution < 1.29 is 4.74 Å². The molecule has 0 saturated heterocycles. The van der Waals surface area contributed by atoms with Crippen LogP contribution in [0, 0.1) is 0 Å². The Bertz CT molecular complexity index is 177. The monoisotopic (exact) mass is 247 g/mol. The maximum absolute atomic E-state index is 5.26. The highest BCUT2D eigenvalue weighted by Crippen LogP contribution is 1.94. The molecule has 0 aliphatic carbocycles. The quantitative estimate of drug-likeness (QED) is 0.366. The first-order valence-electron chi connectivity index (χ1n) is 5.94. The molecule has 2 N–H and O–H groups in total. The summed E-state index contributed by atoms with van der Waals surface area (Å²) in [5, 5.41) is 6.45. The van der Waals surface area contributed by atoms with E-state index < -0.39 is 0 Å². The summed E-state index contributed by atoms with van der Waals surface area (Å²) in [6.07, 6.45) is 3.25. The fraction of sp³-hybridized carbons (Fsp3) is 0.909. The van der Waals surface area contributed by atoms with Crippen LogP contribution in [0.2, 0.25) is 0 Å². The molecule has 0 aliphatic rings. The third-order valence-electron chi connectivity index (χ3n) is 1.86. The van der Waals surface area contributed by atoms with E-state index in [1.807, 2.05) is 18.7 Å². The number of ether oxygens (including phenoxy) is 1. The zero-order chi connectivity index (χ0) is 12.1. The van der Waals surface area contributed by atoms with E-state index in [4.69, 9.17) is 4.74 Å². The number of aliphatic imine (C=N–C) groups is 1. The zero-order valence-corrected chi connectivity index (χ0v) is 11.5. The van der Waals surface area contributed by atoms with Gasteiger partial charge in [-0.3, -0.25) is 4.99 Å². The van der Waals surface area contributed by atoms with Gasteiger partial charge in [-0.05, 0) is 32.3 Å². The van der Waals surface area contributed by atoms with Gasteiger partial charge in [0.05, 0.1) is 6.61 Å². The molecule has 0 fully saturated rings. The fourth-order valence-corrected chi connectivity index (χ4v) is 1.55. The lowest BCUT2D eigenvalue weighted by Crippen LogP contribution is -2.39. The second-order valence-corrected chi connectivity index (χ2v) is 4.22. The highest BCUT2D eigenvalue weighted by Gasteiger charge is 1.95. The van der Waals surface area contributed by atoms with Crippen LogP contribution in [-0.4, -0.2) is 50.8 Å². The van der Waals surface area contributed by atoms with E-state index in [1.54, 1.807) is 0 Å². The summed E-state index contributed by atoms with van der Waals surface area (Å²) in [6, 6.07) is 0. The minimum Gasteiger partial charge on any atom is -0.380 e. The van der Waals surface area contributed by atoms with Gasteiger partial charge in [0.1, 0.15) is 0 Å². The minimum absolute atomic E-state index is 0.728. The summed E-state index contributed by atoms with van der Waals surface area (Å²) in [7, 11) is 0. The van der Waals surface area contributed by atoms with Crippen molar-refractivity contribution in [1.29, 1.82) is 0 Å². The van der Waals surface area contributed by atoms with Crippen molar-refractivity contribution in [2.75, 3.05) is 44.9 Å². The molecule has 0 aliphatic heterocycles. The molecule has 5 heteroatoms. The van der Waals surface area contributed by atoms with Gasteiger partial charge < -0.3 is 15.4 Å². The Balaban J connectivity index is 3.67. The van der Waals surface area contributed by atoms with Crippen molar-refractivity contribution in [2.24, 2.45) is 4.99 Å². The van der Waals surface area contributed by atoms with E-state index >= 15 is 0 Å². The van der Waals surface area contributed by atoms with Crippen LogP contribution in [0.5, 0.6) is 0 Å². The Kier molecular flexibility index (Phi) is 12.3. The highest BCUT2D eigenvalue weighted by molar-refractivity contribution is 7.98. The molecule has 0 radical (unpaired) electrons. The highest BCUT2D eigenvalue weighted by atomic mass is 32.2. The van der Waals surface area contributed by atoms with E-state index in [2.05, 4.69) is 28.8 Å². The van der Waals surface area contributed by atoms with Gasteiger partial charge in [-0.1, -0.05) is 0 Å². The first kappa shape index (κ1) is 15.6. The summed E-state index contributed by atoms with van der Waals surface area (Å²) in [5.74, 6) is 2.06. The number of hydrogen-bond acceptors (Lipinski definition) is 3. The molecule has 16 heavy (non-hydrogen) atoms. The van der Waals surface area contributed by atoms with E-state index in [9.17, 15) is 0 Å². The average molecular weight is 247 g/mol. The summed E-state index contributed by atoms with van der Waals surface area (Å²) < 4.78 is 5.26. The van der Waals surface area contributed by atoms with E-state index in [-0.39, 0.29) is 0 Å². The van der Waals surface area contributed by atoms with Gasteiger partial charge in [-0.25, -0.2) is 0 Å². The lowest BCUT2D eigenvalue weighted by molar-refractivity contribution is 0.152. The molecular formula is C11H25N3OS. The average Bonchev–Trinajstić information content (AvgIpc) is 2.30. The van der Waals surface area contributed by atoms with Crippen molar-refractivity contribution in [2.45, 2.75) is 20.3 Å². The van der Waals surface area contributed by atoms with Crippen molar-refractivity contribution in [3.05, 3.63) is 0 Å². The molecular weight excluding hydrogens is 222 g/mol. The third kappa shape index (κ3) is 10.1. The van der Waals surface area contributed by atoms with Gasteiger partial charge >= 0.3 is 0 Å². The van der Waals surface area contributed by atoms with Crippen LogP contribution in [-0.2, 0) is 4.74 Å². The molecule has 0 atom stereocenters. The first-order valence-corrected chi connectivity index (χ1v) is 7.33. The molecule has 0 aromatic heterocycles. The first-order chi connectivity index (χ1) is 7.85. The van der Waals surface area contributed by atoms with E-state index in [0.717, 1.165) is 45.2 Å². The number of nitrogens with zero attached hydrogens (tertiary/aromatic N) is 1. The SMILES string of the molecule is CCNC(=NCCCSC)NCCOCC. The van der Waals surface area contributed by atoms with Gasteiger partial charge in [0.25, 0.3) is 0 Å². The minimum atomic E-state index is 0.728. The standard InChI is InChI=1S/C11H25N3OS/c1-4-12-11(13-7-6-10-16-3)14-8-9-15-5-2/h4-10H2,1-3H3,(H2,12,13,14). The van der Waals surface area contributed by atoms with Crippen LogP contribution in [0.1, 0.15) is 20.3 Å². The van der Waals surface area contributed by atoms with Gasteiger partial charge in [-0.2, -0.15) is 11.8 Å². The van der Waals surface area contributed by atoms with Gasteiger partial charge in [0, 0.05) is 26.2 Å². The van der Waals surface area contributed by atoms with Crippen molar-refractivity contribution in [3.63, 3.8) is 0 Å². The Hall–Kier alpha value is -0.420. The molecule has 4 nitrogen and oxygen atoms in total. The van der Waals surface area contributed by atoms with Crippen LogP contribution in [0.3, 0.4) is 0 Å². The molecule has 0 aromatic rings. The Morgan fingerprint density at radius 2 is 2.12 bits per heavy atom. The smallest absolute Gasteiger partial charge is 0.191 e. The molecule has 0 rings (SSSR count). The number of nitrogens with one attached hydrogen (secondary N) is 2. The maximum atomic E-state index is 5.26. The third-order valence-corrected chi connectivity index (χ3v) is 2.56. The fourth-order valence-electron chi connectivity index (χ4n) is 1.13. The normalized spacial score (nSPS) is 11.6. The molecule has 96 valence electrons. The lowest BCUT2D eigenvalue weighted by Gasteiger charge is -2.10. The molecule has 0 saturated carbocycles. The van der Waals surface area contributed by atoms with E-state index in [0.29, 0.717) is 0 Å². The molecule has 0 unspecified atom stereocenters. The summed E-state index contributed by atoms with van der Waals surface area (Å²) >= 11 is 1.86. The topological polar surface area (TPSA) is 45.7 Å². The molecule has 0 aromatic carbocycles. The maximum Gasteiger partial charge on any atom is 0.191 e. The predicted octanol–water partition coefficient (Wildman–Crippen LogP) is 1.33. The predicted molar refractivity (Wildman–Crippen MR) is 73.5 cm³/mol. The molecule has 0 spiro atoms. The van der Waals surface area contributed by atoms with Crippen LogP contribution in [0.25, 0.3) is 0 Å². The second kappa shape index (κ2) is 12.6. The molecule has 0 heterocycles. The zero-order valence-electron chi connectivity index (χ0n) is 10.7. The van der Waals surface area contributed by atoms with Crippen molar-refractivity contribution >= 4 is 17.7 Å². The second-order valence-electron chi connectivity index (χ2n) is 3.23. The van der Waals surface area contributed by atoms with Gasteiger partial charge in [0.15, 0.2) is 5.96 Å². The van der Waals surface area contributed by atoms with Gasteiger partial charge in [-0.15, -0.1) is 0 Å². The number of hydrogen-bond donors (Lipinski definition) is 2. The summed E-state index contributed by atoms with van der Waals surface area (Å²) in [6.45, 7) is 8.15. The Labute approximate surface area is 104 Å². The van der Waals surface area contributed by atoms with Gasteiger partial charge in [0.2, 0.25) is 0 Å². The molecule has 0 bridgehead atoms. The lowest BCUT2D eigenvalue weighted by atomic mass is 10.5. The van der Waals surface area contributed by atoms with Crippen LogP contribution in [0.15, 0.2) is 4.99 Å². The number of guanidine groups is 1. The van der Waals surface area contributed by atoms with Crippen LogP contribution in [0.4, 0.5) is 0 Å². The largest absolute Gasteiger partial charge is 0.380 e. The summed E-state index contributed by atoms with van der Waals surface area (Å²) in [5.41, 5.74) is 0. The summed E-state index contributed by atoms with van der Waals surface area (Å²) in [4.78, 5) is 4.47. The Morgan fingerprint density at radius 1 is 1.31 bits per heavy atom. The van der Waals surface area contributed by atoms with Crippen LogP contribution >= 0.6 is 11.8 Å². The van der Waals surface area contributed by atoms with Crippen molar-refractivity contribution in [1.82, 2.24) is 10.6 Å². The Morgan fingerprint density at radius 3 is 2.75 bits per heavy atom. The van der Waals surface area contributed by atoms with E-state index in [1.165, 1.54) is 5.75 Å². The van der Waals surface area contributed by atoms with Crippen LogP contribution < -0.4 is 10.6 Å². The number of thioether (sulfide) groups is 1. The van der Waals surface area contributed by atoms with Crippen molar-refractivity contribution in [3.8, 4) is 0 Å².